The van der Waals surface area contributed by atoms with Gasteiger partial charge in [0.25, 0.3) is 5.91 Å². The highest BCUT2D eigenvalue weighted by Gasteiger charge is 2.39. The lowest BCUT2D eigenvalue weighted by molar-refractivity contribution is 0.0619. The molecule has 0 aromatic heterocycles. The number of halogens is 3. The normalized spacial score (nSPS) is 20.6. The van der Waals surface area contributed by atoms with Crippen molar-refractivity contribution in [2.24, 2.45) is 0 Å². The van der Waals surface area contributed by atoms with E-state index < -0.39 is 0 Å². The first-order valence-corrected chi connectivity index (χ1v) is 14.4. The molecule has 5 rings (SSSR count). The van der Waals surface area contributed by atoms with Gasteiger partial charge in [-0.2, -0.15) is 0 Å². The molecule has 3 nitrogen and oxygen atoms in total. The Morgan fingerprint density at radius 1 is 0.868 bits per heavy atom. The predicted octanol–water partition coefficient (Wildman–Crippen LogP) is 8.25. The van der Waals surface area contributed by atoms with E-state index in [1.165, 1.54) is 24.0 Å². The Labute approximate surface area is 243 Å². The lowest BCUT2D eigenvalue weighted by Crippen LogP contribution is -2.49. The van der Waals surface area contributed by atoms with E-state index in [1.807, 2.05) is 47.4 Å². The topological polar surface area (TPSA) is 23.6 Å². The Hall–Kier alpha value is -2.04. The minimum atomic E-state index is -0.112. The predicted molar refractivity (Wildman–Crippen MR) is 161 cm³/mol. The summed E-state index contributed by atoms with van der Waals surface area (Å²) in [5.41, 5.74) is 3.33. The molecule has 2 heterocycles. The van der Waals surface area contributed by atoms with Crippen molar-refractivity contribution in [2.45, 2.75) is 49.9 Å². The van der Waals surface area contributed by atoms with Crippen LogP contribution in [0.4, 0.5) is 0 Å². The summed E-state index contributed by atoms with van der Waals surface area (Å²) in [5.74, 6) is 0.795. The van der Waals surface area contributed by atoms with Gasteiger partial charge in [0.15, 0.2) is 0 Å². The lowest BCUT2D eigenvalue weighted by Gasteiger charge is -2.44. The summed E-state index contributed by atoms with van der Waals surface area (Å²) < 4.78 is 0. The van der Waals surface area contributed by atoms with Crippen molar-refractivity contribution in [3.8, 4) is 0 Å². The van der Waals surface area contributed by atoms with Crippen molar-refractivity contribution in [1.29, 1.82) is 0 Å². The summed E-state index contributed by atoms with van der Waals surface area (Å²) in [7, 11) is 0. The molecule has 38 heavy (non-hydrogen) atoms. The average molecular weight is 572 g/mol. The molecule has 3 aromatic carbocycles. The first-order valence-electron chi connectivity index (χ1n) is 13.6. The monoisotopic (exact) mass is 570 g/mol. The molecule has 0 radical (unpaired) electrons. The molecule has 0 N–H and O–H groups in total. The molecule has 0 unspecified atom stereocenters. The summed E-state index contributed by atoms with van der Waals surface area (Å²) >= 11 is 12.8. The van der Waals surface area contributed by atoms with Crippen LogP contribution in [0.2, 0.25) is 10.0 Å². The zero-order chi connectivity index (χ0) is 25.7. The van der Waals surface area contributed by atoms with E-state index in [2.05, 4.69) is 41.3 Å². The fourth-order valence-corrected chi connectivity index (χ4v) is 6.63. The number of piperidine rings is 2. The first-order chi connectivity index (χ1) is 18.0. The van der Waals surface area contributed by atoms with Crippen LogP contribution in [0.25, 0.3) is 0 Å². The number of likely N-dealkylation sites (tertiary alicyclic amines) is 2. The number of nitrogens with zero attached hydrogens (tertiary/aromatic N) is 2. The van der Waals surface area contributed by atoms with Gasteiger partial charge >= 0.3 is 0 Å². The third kappa shape index (κ3) is 6.74. The van der Waals surface area contributed by atoms with E-state index in [4.69, 9.17) is 23.2 Å². The van der Waals surface area contributed by atoms with Crippen molar-refractivity contribution < 1.29 is 4.79 Å². The van der Waals surface area contributed by atoms with E-state index in [1.54, 1.807) is 0 Å². The molecule has 6 heteroatoms. The molecule has 1 atom stereocenters. The van der Waals surface area contributed by atoms with Crippen LogP contribution in [0, 0.1) is 0 Å². The maximum absolute atomic E-state index is 13.4. The minimum absolute atomic E-state index is 0. The van der Waals surface area contributed by atoms with Gasteiger partial charge in [-0.1, -0.05) is 77.8 Å². The standard InChI is InChI=1S/C32H36Cl2N2O.ClH/c33-29-14-13-28(23-30(29)34)32(18-8-20-36(24-32)31(37)27-11-5-2-6-12-27)17-7-19-35-21-15-26(16-22-35)25-9-3-1-4-10-25;/h1-6,9-14,23,26H,7-8,15-22,24H2;1H/t32-;/m0./s1. The molecular weight excluding hydrogens is 535 g/mol. The van der Waals surface area contributed by atoms with Crippen LogP contribution in [-0.2, 0) is 5.41 Å². The van der Waals surface area contributed by atoms with Gasteiger partial charge in [0.2, 0.25) is 0 Å². The van der Waals surface area contributed by atoms with Gasteiger partial charge in [-0.05, 0) is 99.5 Å². The Bertz CT molecular complexity index is 1180. The number of carbonyl (C=O) groups is 1. The molecule has 2 fully saturated rings. The fourth-order valence-electron chi connectivity index (χ4n) is 6.33. The minimum Gasteiger partial charge on any atom is -0.338 e. The molecule has 2 aliphatic heterocycles. The highest BCUT2D eigenvalue weighted by Crippen LogP contribution is 2.41. The van der Waals surface area contributed by atoms with Crippen LogP contribution in [0.1, 0.15) is 65.9 Å². The Balaban J connectivity index is 0.00000336. The maximum Gasteiger partial charge on any atom is 0.253 e. The zero-order valence-corrected chi connectivity index (χ0v) is 24.2. The van der Waals surface area contributed by atoms with Crippen molar-refractivity contribution in [3.05, 3.63) is 106 Å². The molecule has 0 spiro atoms. The molecule has 0 bridgehead atoms. The van der Waals surface area contributed by atoms with Gasteiger partial charge in [-0.3, -0.25) is 4.79 Å². The Kier molecular flexibility index (Phi) is 10.2. The van der Waals surface area contributed by atoms with Crippen molar-refractivity contribution >= 4 is 41.5 Å². The third-order valence-corrected chi connectivity index (χ3v) is 9.14. The van der Waals surface area contributed by atoms with Crippen LogP contribution >= 0.6 is 35.6 Å². The molecule has 0 aliphatic carbocycles. The number of hydrogen-bond donors (Lipinski definition) is 0. The van der Waals surface area contributed by atoms with Crippen LogP contribution in [0.5, 0.6) is 0 Å². The second-order valence-corrected chi connectivity index (χ2v) is 11.6. The van der Waals surface area contributed by atoms with E-state index in [0.29, 0.717) is 16.0 Å². The quantitative estimate of drug-likeness (QED) is 0.285. The molecule has 3 aromatic rings. The zero-order valence-electron chi connectivity index (χ0n) is 21.8. The molecule has 1 amide bonds. The van der Waals surface area contributed by atoms with Crippen molar-refractivity contribution in [1.82, 2.24) is 9.80 Å². The van der Waals surface area contributed by atoms with Gasteiger partial charge in [-0.25, -0.2) is 0 Å². The van der Waals surface area contributed by atoms with Gasteiger partial charge in [0.05, 0.1) is 10.0 Å². The Morgan fingerprint density at radius 2 is 1.55 bits per heavy atom. The van der Waals surface area contributed by atoms with E-state index in [9.17, 15) is 4.79 Å². The van der Waals surface area contributed by atoms with Crippen LogP contribution in [-0.4, -0.2) is 48.4 Å². The van der Waals surface area contributed by atoms with Crippen LogP contribution < -0.4 is 0 Å². The summed E-state index contributed by atoms with van der Waals surface area (Å²) in [6.07, 6.45) is 6.62. The van der Waals surface area contributed by atoms with E-state index in [-0.39, 0.29) is 23.7 Å². The number of rotatable bonds is 7. The van der Waals surface area contributed by atoms with Crippen molar-refractivity contribution in [3.63, 3.8) is 0 Å². The summed E-state index contributed by atoms with van der Waals surface area (Å²) in [6, 6.07) is 26.7. The number of amides is 1. The SMILES string of the molecule is Cl.O=C(c1ccccc1)N1CCC[C@](CCCN2CCC(c3ccccc3)CC2)(c2ccc(Cl)c(Cl)c2)C1. The third-order valence-electron chi connectivity index (χ3n) is 8.41. The molecule has 2 saturated heterocycles. The lowest BCUT2D eigenvalue weighted by atomic mass is 9.71. The van der Waals surface area contributed by atoms with Gasteiger partial charge in [-0.15, -0.1) is 12.4 Å². The second-order valence-electron chi connectivity index (χ2n) is 10.7. The molecule has 2 aliphatic rings. The smallest absolute Gasteiger partial charge is 0.253 e. The van der Waals surface area contributed by atoms with Crippen molar-refractivity contribution in [2.75, 3.05) is 32.7 Å². The fraction of sp³-hybridized carbons (Fsp3) is 0.406. The summed E-state index contributed by atoms with van der Waals surface area (Å²) in [5, 5.41) is 1.17. The van der Waals surface area contributed by atoms with E-state index in [0.717, 1.165) is 64.0 Å². The molecule has 202 valence electrons. The number of benzene rings is 3. The van der Waals surface area contributed by atoms with Gasteiger partial charge < -0.3 is 9.80 Å². The largest absolute Gasteiger partial charge is 0.338 e. The van der Waals surface area contributed by atoms with Crippen LogP contribution in [0.3, 0.4) is 0 Å². The number of carbonyl (C=O) groups excluding carboxylic acids is 1. The highest BCUT2D eigenvalue weighted by molar-refractivity contribution is 6.42. The maximum atomic E-state index is 13.4. The number of hydrogen-bond acceptors (Lipinski definition) is 2. The highest BCUT2D eigenvalue weighted by atomic mass is 35.5. The summed E-state index contributed by atoms with van der Waals surface area (Å²) in [4.78, 5) is 18.1. The van der Waals surface area contributed by atoms with Gasteiger partial charge in [0, 0.05) is 24.1 Å². The Morgan fingerprint density at radius 3 is 2.24 bits per heavy atom. The van der Waals surface area contributed by atoms with Crippen LogP contribution in [0.15, 0.2) is 78.9 Å². The molecular formula is C32H37Cl3N2O. The van der Waals surface area contributed by atoms with E-state index >= 15 is 0 Å². The molecule has 0 saturated carbocycles. The summed E-state index contributed by atoms with van der Waals surface area (Å²) in [6.45, 7) is 4.91. The first kappa shape index (κ1) is 29.0. The average Bonchev–Trinajstić information content (AvgIpc) is 2.95. The van der Waals surface area contributed by atoms with Gasteiger partial charge in [0.1, 0.15) is 0 Å². The second kappa shape index (κ2) is 13.3.